The van der Waals surface area contributed by atoms with Crippen molar-refractivity contribution in [1.82, 2.24) is 9.55 Å². The van der Waals surface area contributed by atoms with Gasteiger partial charge in [0.05, 0.1) is 17.2 Å². The molecule has 2 aromatic rings. The number of rotatable bonds is 3. The zero-order valence-electron chi connectivity index (χ0n) is 11.7. The molecule has 0 unspecified atom stereocenters. The van der Waals surface area contributed by atoms with Crippen LogP contribution in [0.4, 0.5) is 0 Å². The van der Waals surface area contributed by atoms with E-state index < -0.39 is 5.97 Å². The Bertz CT molecular complexity index is 715. The number of carbonyl (C=O) groups is 1. The van der Waals surface area contributed by atoms with Gasteiger partial charge in [-0.3, -0.25) is 9.36 Å². The second kappa shape index (κ2) is 5.68. The molecule has 1 saturated carbocycles. The minimum atomic E-state index is -0.946. The van der Waals surface area contributed by atoms with E-state index in [4.69, 9.17) is 0 Å². The summed E-state index contributed by atoms with van der Waals surface area (Å²) in [5, 5.41) is 11.5. The quantitative estimate of drug-likeness (QED) is 0.841. The van der Waals surface area contributed by atoms with Gasteiger partial charge in [0.1, 0.15) is 0 Å². The average molecular weight is 285 g/mol. The maximum atomic E-state index is 12.4. The SMILES string of the molecule is O=C([O-])C1CCC(Cn2cnc3ccccc3c2=O)CC1. The molecule has 0 radical (unpaired) electrons. The summed E-state index contributed by atoms with van der Waals surface area (Å²) in [6.45, 7) is 0.608. The fraction of sp³-hybridized carbons (Fsp3) is 0.438. The third kappa shape index (κ3) is 2.82. The molecule has 0 atom stereocenters. The highest BCUT2D eigenvalue weighted by Gasteiger charge is 2.22. The lowest BCUT2D eigenvalue weighted by Crippen LogP contribution is -2.35. The van der Waals surface area contributed by atoms with Crippen LogP contribution in [-0.2, 0) is 11.3 Å². The summed E-state index contributed by atoms with van der Waals surface area (Å²) in [7, 11) is 0. The average Bonchev–Trinajstić information content (AvgIpc) is 2.51. The Balaban J connectivity index is 1.76. The van der Waals surface area contributed by atoms with Gasteiger partial charge in [0.25, 0.3) is 5.56 Å². The molecule has 21 heavy (non-hydrogen) atoms. The first-order chi connectivity index (χ1) is 10.1. The van der Waals surface area contributed by atoms with Gasteiger partial charge < -0.3 is 9.90 Å². The molecule has 5 nitrogen and oxygen atoms in total. The van der Waals surface area contributed by atoms with Crippen LogP contribution in [0.2, 0.25) is 0 Å². The lowest BCUT2D eigenvalue weighted by Gasteiger charge is -2.29. The van der Waals surface area contributed by atoms with E-state index in [1.54, 1.807) is 17.0 Å². The molecule has 0 bridgehead atoms. The number of carbonyl (C=O) groups excluding carboxylic acids is 1. The molecule has 1 aliphatic carbocycles. The van der Waals surface area contributed by atoms with E-state index in [2.05, 4.69) is 4.98 Å². The predicted octanol–water partition coefficient (Wildman–Crippen LogP) is 0.953. The monoisotopic (exact) mass is 285 g/mol. The van der Waals surface area contributed by atoms with Crippen LogP contribution in [-0.4, -0.2) is 15.5 Å². The number of aliphatic carboxylic acids is 1. The molecule has 1 aliphatic rings. The number of hydrogen-bond donors (Lipinski definition) is 0. The van der Waals surface area contributed by atoms with Crippen molar-refractivity contribution < 1.29 is 9.90 Å². The summed E-state index contributed by atoms with van der Waals surface area (Å²) >= 11 is 0. The van der Waals surface area contributed by atoms with E-state index in [1.807, 2.05) is 18.2 Å². The molecule has 1 heterocycles. The molecule has 0 saturated heterocycles. The number of aromatic nitrogens is 2. The number of fused-ring (bicyclic) bond motifs is 1. The van der Waals surface area contributed by atoms with Gasteiger partial charge in [0, 0.05) is 12.5 Å². The van der Waals surface area contributed by atoms with Crippen LogP contribution in [0.15, 0.2) is 35.4 Å². The summed E-state index contributed by atoms with van der Waals surface area (Å²) in [5.41, 5.74) is 0.682. The number of carboxylic acid groups (broad SMARTS) is 1. The number of carboxylic acids is 1. The molecule has 0 amide bonds. The maximum absolute atomic E-state index is 12.4. The van der Waals surface area contributed by atoms with Crippen molar-refractivity contribution >= 4 is 16.9 Å². The third-order valence-electron chi connectivity index (χ3n) is 4.37. The summed E-state index contributed by atoms with van der Waals surface area (Å²) in [4.78, 5) is 27.5. The molecule has 1 aromatic carbocycles. The summed E-state index contributed by atoms with van der Waals surface area (Å²) in [6.07, 6.45) is 4.51. The van der Waals surface area contributed by atoms with Crippen LogP contribution in [0.3, 0.4) is 0 Å². The van der Waals surface area contributed by atoms with Gasteiger partial charge in [-0.05, 0) is 49.7 Å². The Labute approximate surface area is 122 Å². The van der Waals surface area contributed by atoms with Crippen molar-refractivity contribution in [3.63, 3.8) is 0 Å². The van der Waals surface area contributed by atoms with Gasteiger partial charge in [-0.2, -0.15) is 0 Å². The van der Waals surface area contributed by atoms with Crippen molar-refractivity contribution in [3.05, 3.63) is 40.9 Å². The molecule has 3 rings (SSSR count). The van der Waals surface area contributed by atoms with Crippen LogP contribution in [0, 0.1) is 11.8 Å². The summed E-state index contributed by atoms with van der Waals surface area (Å²) in [5.74, 6) is -0.938. The highest BCUT2D eigenvalue weighted by atomic mass is 16.4. The number of nitrogens with zero attached hydrogens (tertiary/aromatic N) is 2. The maximum Gasteiger partial charge on any atom is 0.261 e. The van der Waals surface area contributed by atoms with Gasteiger partial charge in [0.15, 0.2) is 0 Å². The van der Waals surface area contributed by atoms with E-state index in [9.17, 15) is 14.7 Å². The van der Waals surface area contributed by atoms with E-state index in [1.165, 1.54) is 0 Å². The molecular weight excluding hydrogens is 268 g/mol. The number of para-hydroxylation sites is 1. The van der Waals surface area contributed by atoms with E-state index in [-0.39, 0.29) is 11.5 Å². The molecular formula is C16H17N2O3-. The molecule has 0 spiro atoms. The predicted molar refractivity (Wildman–Crippen MR) is 76.5 cm³/mol. The third-order valence-corrected chi connectivity index (χ3v) is 4.37. The first-order valence-corrected chi connectivity index (χ1v) is 7.30. The van der Waals surface area contributed by atoms with Crippen LogP contribution >= 0.6 is 0 Å². The van der Waals surface area contributed by atoms with Crippen LogP contribution in [0.5, 0.6) is 0 Å². The van der Waals surface area contributed by atoms with E-state index >= 15 is 0 Å². The summed E-state index contributed by atoms with van der Waals surface area (Å²) < 4.78 is 1.65. The highest BCUT2D eigenvalue weighted by molar-refractivity contribution is 5.76. The van der Waals surface area contributed by atoms with Crippen molar-refractivity contribution in [3.8, 4) is 0 Å². The minimum Gasteiger partial charge on any atom is -0.550 e. The summed E-state index contributed by atoms with van der Waals surface area (Å²) in [6, 6.07) is 7.31. The lowest BCUT2D eigenvalue weighted by molar-refractivity contribution is -0.312. The first-order valence-electron chi connectivity index (χ1n) is 7.30. The van der Waals surface area contributed by atoms with E-state index in [0.717, 1.165) is 12.8 Å². The van der Waals surface area contributed by atoms with Crippen LogP contribution < -0.4 is 10.7 Å². The molecule has 1 aromatic heterocycles. The molecule has 0 N–H and O–H groups in total. The minimum absolute atomic E-state index is 0.0253. The van der Waals surface area contributed by atoms with Crippen molar-refractivity contribution in [2.45, 2.75) is 32.2 Å². The molecule has 0 aliphatic heterocycles. The Hall–Kier alpha value is -2.17. The van der Waals surface area contributed by atoms with Gasteiger partial charge in [-0.15, -0.1) is 0 Å². The Morgan fingerprint density at radius 3 is 2.67 bits per heavy atom. The number of benzene rings is 1. The second-order valence-corrected chi connectivity index (χ2v) is 5.76. The standard InChI is InChI=1S/C16H18N2O3/c19-15-13-3-1-2-4-14(13)17-10-18(15)9-11-5-7-12(8-6-11)16(20)21/h1-4,10-12H,5-9H2,(H,20,21)/p-1. The largest absolute Gasteiger partial charge is 0.550 e. The van der Waals surface area contributed by atoms with Gasteiger partial charge in [-0.25, -0.2) is 4.98 Å². The fourth-order valence-electron chi connectivity index (χ4n) is 3.10. The van der Waals surface area contributed by atoms with Crippen molar-refractivity contribution in [2.75, 3.05) is 0 Å². The van der Waals surface area contributed by atoms with Crippen LogP contribution in [0.1, 0.15) is 25.7 Å². The van der Waals surface area contributed by atoms with Crippen molar-refractivity contribution in [2.24, 2.45) is 11.8 Å². The Morgan fingerprint density at radius 2 is 1.95 bits per heavy atom. The first kappa shape index (κ1) is 13.8. The topological polar surface area (TPSA) is 75.0 Å². The Kier molecular flexibility index (Phi) is 3.73. The zero-order valence-corrected chi connectivity index (χ0v) is 11.7. The molecule has 110 valence electrons. The highest BCUT2D eigenvalue weighted by Crippen LogP contribution is 2.29. The smallest absolute Gasteiger partial charge is 0.261 e. The normalized spacial score (nSPS) is 22.3. The lowest BCUT2D eigenvalue weighted by atomic mass is 9.82. The van der Waals surface area contributed by atoms with Crippen LogP contribution in [0.25, 0.3) is 10.9 Å². The fourth-order valence-corrected chi connectivity index (χ4v) is 3.10. The molecule has 1 fully saturated rings. The number of hydrogen-bond acceptors (Lipinski definition) is 4. The van der Waals surface area contributed by atoms with Crippen molar-refractivity contribution in [1.29, 1.82) is 0 Å². The zero-order chi connectivity index (χ0) is 14.8. The van der Waals surface area contributed by atoms with Gasteiger partial charge in [0.2, 0.25) is 0 Å². The van der Waals surface area contributed by atoms with Gasteiger partial charge >= 0.3 is 0 Å². The Morgan fingerprint density at radius 1 is 1.24 bits per heavy atom. The second-order valence-electron chi connectivity index (χ2n) is 5.76. The van der Waals surface area contributed by atoms with E-state index in [0.29, 0.717) is 36.2 Å². The van der Waals surface area contributed by atoms with Gasteiger partial charge in [-0.1, -0.05) is 12.1 Å². The molecule has 5 heteroatoms.